The summed E-state index contributed by atoms with van der Waals surface area (Å²) in [5.41, 5.74) is 3.57. The average molecular weight is 424 g/mol. The van der Waals surface area contributed by atoms with Crippen molar-refractivity contribution in [1.29, 1.82) is 0 Å². The van der Waals surface area contributed by atoms with Gasteiger partial charge in [0.05, 0.1) is 11.4 Å². The Morgan fingerprint density at radius 1 is 1.13 bits per heavy atom. The zero-order valence-electron chi connectivity index (χ0n) is 16.2. The van der Waals surface area contributed by atoms with Crippen molar-refractivity contribution in [2.75, 3.05) is 17.9 Å². The molecule has 2 aromatic carbocycles. The van der Waals surface area contributed by atoms with Crippen molar-refractivity contribution < 1.29 is 19.1 Å². The molecule has 0 atom stereocenters. The number of aromatic amines is 1. The van der Waals surface area contributed by atoms with Crippen LogP contribution in [0.5, 0.6) is 11.5 Å². The van der Waals surface area contributed by atoms with E-state index in [1.165, 1.54) is 17.3 Å². The predicted octanol–water partition coefficient (Wildman–Crippen LogP) is 3.48. The van der Waals surface area contributed by atoms with Gasteiger partial charge in [-0.1, -0.05) is 42.1 Å². The molecule has 0 unspecified atom stereocenters. The first-order valence-electron chi connectivity index (χ1n) is 9.29. The molecule has 2 heterocycles. The maximum atomic E-state index is 12.1. The number of nitrogens with zero attached hydrogens (tertiary/aromatic N) is 1. The van der Waals surface area contributed by atoms with Crippen molar-refractivity contribution in [3.63, 3.8) is 0 Å². The molecule has 4 rings (SSSR count). The number of imide groups is 1. The lowest BCUT2D eigenvalue weighted by Crippen LogP contribution is -2.35. The molecule has 9 heteroatoms. The SMILES string of the molecule is Cc1[nH]c(SCC(=O)NC(=O)Nc2ccc3c(c2)OCO3)nc1Cc1ccccc1. The molecule has 3 N–H and O–H groups in total. The smallest absolute Gasteiger partial charge is 0.325 e. The quantitative estimate of drug-likeness (QED) is 0.523. The van der Waals surface area contributed by atoms with Gasteiger partial charge in [0.2, 0.25) is 12.7 Å². The highest BCUT2D eigenvalue weighted by Crippen LogP contribution is 2.34. The largest absolute Gasteiger partial charge is 0.454 e. The van der Waals surface area contributed by atoms with Crippen LogP contribution in [0.3, 0.4) is 0 Å². The van der Waals surface area contributed by atoms with E-state index in [-0.39, 0.29) is 12.5 Å². The summed E-state index contributed by atoms with van der Waals surface area (Å²) in [4.78, 5) is 31.9. The summed E-state index contributed by atoms with van der Waals surface area (Å²) >= 11 is 1.24. The molecule has 0 radical (unpaired) electrons. The second-order valence-corrected chi connectivity index (χ2v) is 7.60. The fraction of sp³-hybridized carbons (Fsp3) is 0.190. The minimum atomic E-state index is -0.611. The van der Waals surface area contributed by atoms with Crippen molar-refractivity contribution in [3.05, 3.63) is 65.5 Å². The number of urea groups is 1. The van der Waals surface area contributed by atoms with Gasteiger partial charge in [0.1, 0.15) is 0 Å². The fourth-order valence-electron chi connectivity index (χ4n) is 2.93. The number of nitrogens with one attached hydrogen (secondary N) is 3. The standard InChI is InChI=1S/C21H20N4O4S/c1-13-16(9-14-5-3-2-4-6-14)24-21(22-13)30-11-19(26)25-20(27)23-15-7-8-17-18(10-15)29-12-28-17/h2-8,10H,9,11-12H2,1H3,(H,22,24)(H2,23,25,26,27). The van der Waals surface area contributed by atoms with E-state index in [0.717, 1.165) is 11.4 Å². The Bertz CT molecular complexity index is 1070. The molecule has 1 aliphatic rings. The van der Waals surface area contributed by atoms with E-state index in [1.54, 1.807) is 18.2 Å². The van der Waals surface area contributed by atoms with Crippen LogP contribution in [-0.2, 0) is 11.2 Å². The summed E-state index contributed by atoms with van der Waals surface area (Å²) in [6, 6.07) is 14.5. The van der Waals surface area contributed by atoms with Crippen molar-refractivity contribution in [2.45, 2.75) is 18.5 Å². The molecular formula is C21H20N4O4S. The maximum absolute atomic E-state index is 12.1. The molecule has 0 saturated carbocycles. The molecule has 8 nitrogen and oxygen atoms in total. The van der Waals surface area contributed by atoms with Crippen LogP contribution in [0.25, 0.3) is 0 Å². The van der Waals surface area contributed by atoms with Crippen LogP contribution in [-0.4, -0.2) is 34.5 Å². The number of fused-ring (bicyclic) bond motifs is 1. The summed E-state index contributed by atoms with van der Waals surface area (Å²) < 4.78 is 10.5. The first-order valence-corrected chi connectivity index (χ1v) is 10.3. The number of anilines is 1. The molecule has 0 fully saturated rings. The number of hydrogen-bond donors (Lipinski definition) is 3. The first-order chi connectivity index (χ1) is 14.6. The van der Waals surface area contributed by atoms with Gasteiger partial charge < -0.3 is 19.8 Å². The van der Waals surface area contributed by atoms with Gasteiger partial charge in [-0.05, 0) is 24.6 Å². The van der Waals surface area contributed by atoms with Gasteiger partial charge in [-0.3, -0.25) is 10.1 Å². The van der Waals surface area contributed by atoms with Crippen LogP contribution in [0.2, 0.25) is 0 Å². The average Bonchev–Trinajstić information content (AvgIpc) is 3.33. The van der Waals surface area contributed by atoms with E-state index in [1.807, 2.05) is 37.3 Å². The van der Waals surface area contributed by atoms with Gasteiger partial charge >= 0.3 is 6.03 Å². The molecule has 0 bridgehead atoms. The number of imidazole rings is 1. The summed E-state index contributed by atoms with van der Waals surface area (Å²) in [6.07, 6.45) is 0.716. The molecular weight excluding hydrogens is 404 g/mol. The number of rotatable bonds is 6. The topological polar surface area (TPSA) is 105 Å². The minimum absolute atomic E-state index is 0.0618. The molecule has 3 amide bonds. The lowest BCUT2D eigenvalue weighted by atomic mass is 10.1. The second-order valence-electron chi connectivity index (χ2n) is 6.64. The van der Waals surface area contributed by atoms with E-state index in [4.69, 9.17) is 9.47 Å². The number of aromatic nitrogens is 2. The number of thioether (sulfide) groups is 1. The predicted molar refractivity (Wildman–Crippen MR) is 113 cm³/mol. The molecule has 1 aliphatic heterocycles. The Morgan fingerprint density at radius 3 is 2.77 bits per heavy atom. The van der Waals surface area contributed by atoms with Gasteiger partial charge in [-0.2, -0.15) is 0 Å². The van der Waals surface area contributed by atoms with Gasteiger partial charge in [0, 0.05) is 23.9 Å². The Hall–Kier alpha value is -3.46. The number of benzene rings is 2. The Kier molecular flexibility index (Phi) is 5.89. The van der Waals surface area contributed by atoms with Crippen LogP contribution in [0, 0.1) is 6.92 Å². The van der Waals surface area contributed by atoms with E-state index < -0.39 is 11.9 Å². The zero-order valence-corrected chi connectivity index (χ0v) is 17.0. The molecule has 154 valence electrons. The number of H-pyrrole nitrogens is 1. The lowest BCUT2D eigenvalue weighted by Gasteiger charge is -2.07. The maximum Gasteiger partial charge on any atom is 0.325 e. The van der Waals surface area contributed by atoms with Gasteiger partial charge in [-0.25, -0.2) is 9.78 Å². The van der Waals surface area contributed by atoms with Crippen LogP contribution in [0.1, 0.15) is 17.0 Å². The number of hydrogen-bond acceptors (Lipinski definition) is 6. The van der Waals surface area contributed by atoms with Crippen molar-refractivity contribution >= 4 is 29.4 Å². The zero-order chi connectivity index (χ0) is 20.9. The third-order valence-electron chi connectivity index (χ3n) is 4.40. The van der Waals surface area contributed by atoms with E-state index in [2.05, 4.69) is 20.6 Å². The molecule has 1 aromatic heterocycles. The number of ether oxygens (including phenoxy) is 2. The number of aryl methyl sites for hydroxylation is 1. The summed E-state index contributed by atoms with van der Waals surface area (Å²) in [5.74, 6) is 0.812. The molecule has 0 spiro atoms. The van der Waals surface area contributed by atoms with Crippen molar-refractivity contribution in [3.8, 4) is 11.5 Å². The van der Waals surface area contributed by atoms with Crippen LogP contribution < -0.4 is 20.1 Å². The highest BCUT2D eigenvalue weighted by atomic mass is 32.2. The van der Waals surface area contributed by atoms with Crippen molar-refractivity contribution in [2.24, 2.45) is 0 Å². The normalized spacial score (nSPS) is 11.9. The molecule has 3 aromatic rings. The van der Waals surface area contributed by atoms with E-state index in [9.17, 15) is 9.59 Å². The van der Waals surface area contributed by atoms with Gasteiger partial charge in [0.15, 0.2) is 16.7 Å². The van der Waals surface area contributed by atoms with Gasteiger partial charge in [-0.15, -0.1) is 0 Å². The molecule has 0 aliphatic carbocycles. The summed E-state index contributed by atoms with van der Waals surface area (Å²) in [6.45, 7) is 2.11. The highest BCUT2D eigenvalue weighted by Gasteiger charge is 2.15. The first kappa shape index (κ1) is 19.8. The molecule has 30 heavy (non-hydrogen) atoms. The summed E-state index contributed by atoms with van der Waals surface area (Å²) in [5, 5.41) is 5.55. The third-order valence-corrected chi connectivity index (χ3v) is 5.27. The Balaban J connectivity index is 1.26. The van der Waals surface area contributed by atoms with Gasteiger partial charge in [0.25, 0.3) is 0 Å². The molecule has 0 saturated heterocycles. The lowest BCUT2D eigenvalue weighted by molar-refractivity contribution is -0.117. The Labute approximate surface area is 177 Å². The summed E-state index contributed by atoms with van der Waals surface area (Å²) in [7, 11) is 0. The number of carbonyl (C=O) groups excluding carboxylic acids is 2. The van der Waals surface area contributed by atoms with Crippen LogP contribution >= 0.6 is 11.8 Å². The number of amides is 3. The Morgan fingerprint density at radius 2 is 1.93 bits per heavy atom. The highest BCUT2D eigenvalue weighted by molar-refractivity contribution is 7.99. The van der Waals surface area contributed by atoms with Crippen LogP contribution in [0.4, 0.5) is 10.5 Å². The third kappa shape index (κ3) is 4.93. The van der Waals surface area contributed by atoms with E-state index >= 15 is 0 Å². The van der Waals surface area contributed by atoms with E-state index in [0.29, 0.717) is 28.8 Å². The minimum Gasteiger partial charge on any atom is -0.454 e. The monoisotopic (exact) mass is 424 g/mol. The van der Waals surface area contributed by atoms with Crippen molar-refractivity contribution in [1.82, 2.24) is 15.3 Å². The second kappa shape index (κ2) is 8.91. The number of carbonyl (C=O) groups is 2. The van der Waals surface area contributed by atoms with Crippen LogP contribution in [0.15, 0.2) is 53.7 Å². The fourth-order valence-corrected chi connectivity index (χ4v) is 3.67.